The molecule has 0 unspecified atom stereocenters. The fraction of sp³-hybridized carbons (Fsp3) is 0. The number of carbonyl (C=O) groups is 1. The molecule has 1 N–H and O–H groups in total. The number of rotatable bonds is 3. The Morgan fingerprint density at radius 1 is 1.42 bits per heavy atom. The van der Waals surface area contributed by atoms with E-state index in [9.17, 15) is 9.18 Å². The minimum Gasteiger partial charge on any atom is -0.476 e. The van der Waals surface area contributed by atoms with Gasteiger partial charge in [-0.25, -0.2) is 14.2 Å². The van der Waals surface area contributed by atoms with Crippen molar-refractivity contribution in [2.24, 2.45) is 0 Å². The molecular formula is C12H6FN3O3. The summed E-state index contributed by atoms with van der Waals surface area (Å²) in [6.45, 7) is 0. The number of halogens is 1. The Balaban J connectivity index is 2.29. The molecule has 0 aliphatic rings. The predicted octanol–water partition coefficient (Wildman–Crippen LogP) is 1.98. The third-order valence-electron chi connectivity index (χ3n) is 2.11. The first-order valence-corrected chi connectivity index (χ1v) is 5.03. The van der Waals surface area contributed by atoms with Gasteiger partial charge in [-0.05, 0) is 18.2 Å². The topological polar surface area (TPSA) is 96.1 Å². The van der Waals surface area contributed by atoms with Crippen molar-refractivity contribution in [1.29, 1.82) is 5.26 Å². The molecule has 0 aliphatic heterocycles. The standard InChI is InChI=1S/C12H6FN3O3/c13-8-3-7(4-14)1-2-10(8)19-11-6-15-5-9(16-11)12(17)18/h1-3,5-6H,(H,17,18). The van der Waals surface area contributed by atoms with Crippen molar-refractivity contribution in [3.8, 4) is 17.7 Å². The first-order chi connectivity index (χ1) is 9.10. The van der Waals surface area contributed by atoms with Crippen LogP contribution in [0.15, 0.2) is 30.6 Å². The van der Waals surface area contributed by atoms with Gasteiger partial charge in [0, 0.05) is 0 Å². The minimum atomic E-state index is -1.27. The van der Waals surface area contributed by atoms with Crippen molar-refractivity contribution in [1.82, 2.24) is 9.97 Å². The van der Waals surface area contributed by atoms with Gasteiger partial charge in [0.25, 0.3) is 0 Å². The van der Waals surface area contributed by atoms with E-state index in [1.807, 2.05) is 0 Å². The molecule has 6 nitrogen and oxygen atoms in total. The first-order valence-electron chi connectivity index (χ1n) is 5.03. The van der Waals surface area contributed by atoms with Crippen LogP contribution < -0.4 is 4.74 Å². The number of hydrogen-bond donors (Lipinski definition) is 1. The van der Waals surface area contributed by atoms with Crippen LogP contribution in [0.5, 0.6) is 11.6 Å². The number of carboxylic acids is 1. The average Bonchev–Trinajstić information content (AvgIpc) is 2.41. The largest absolute Gasteiger partial charge is 0.476 e. The van der Waals surface area contributed by atoms with Gasteiger partial charge in [-0.15, -0.1) is 0 Å². The molecule has 7 heteroatoms. The number of aromatic nitrogens is 2. The summed E-state index contributed by atoms with van der Waals surface area (Å²) < 4.78 is 18.6. The molecule has 1 heterocycles. The Morgan fingerprint density at radius 3 is 2.84 bits per heavy atom. The van der Waals surface area contributed by atoms with Crippen LogP contribution in [-0.2, 0) is 0 Å². The van der Waals surface area contributed by atoms with Gasteiger partial charge in [-0.1, -0.05) is 0 Å². The van der Waals surface area contributed by atoms with E-state index in [0.29, 0.717) is 0 Å². The summed E-state index contributed by atoms with van der Waals surface area (Å²) in [5, 5.41) is 17.3. The molecule has 2 rings (SSSR count). The van der Waals surface area contributed by atoms with Crippen molar-refractivity contribution in [2.75, 3.05) is 0 Å². The third-order valence-corrected chi connectivity index (χ3v) is 2.11. The van der Waals surface area contributed by atoms with Crippen LogP contribution in [-0.4, -0.2) is 21.0 Å². The highest BCUT2D eigenvalue weighted by atomic mass is 19.1. The van der Waals surface area contributed by atoms with E-state index in [2.05, 4.69) is 9.97 Å². The molecule has 1 aromatic carbocycles. The second kappa shape index (κ2) is 5.10. The number of hydrogen-bond acceptors (Lipinski definition) is 5. The lowest BCUT2D eigenvalue weighted by atomic mass is 10.2. The van der Waals surface area contributed by atoms with Crippen molar-refractivity contribution in [3.05, 3.63) is 47.7 Å². The first kappa shape index (κ1) is 12.4. The number of ether oxygens (including phenoxy) is 1. The Kier molecular flexibility index (Phi) is 3.34. The van der Waals surface area contributed by atoms with Crippen LogP contribution in [0.4, 0.5) is 4.39 Å². The second-order valence-electron chi connectivity index (χ2n) is 3.41. The van der Waals surface area contributed by atoms with Crippen LogP contribution >= 0.6 is 0 Å². The number of benzene rings is 1. The number of nitriles is 1. The van der Waals surface area contributed by atoms with E-state index in [1.54, 1.807) is 6.07 Å². The fourth-order valence-corrected chi connectivity index (χ4v) is 1.27. The average molecular weight is 259 g/mol. The van der Waals surface area contributed by atoms with Crippen molar-refractivity contribution in [3.63, 3.8) is 0 Å². The molecule has 0 fully saturated rings. The number of nitrogens with zero attached hydrogens (tertiary/aromatic N) is 3. The number of aromatic carboxylic acids is 1. The smallest absolute Gasteiger partial charge is 0.356 e. The third kappa shape index (κ3) is 2.81. The lowest BCUT2D eigenvalue weighted by molar-refractivity contribution is 0.0689. The molecule has 0 saturated carbocycles. The van der Waals surface area contributed by atoms with Crippen molar-refractivity contribution in [2.45, 2.75) is 0 Å². The predicted molar refractivity (Wildman–Crippen MR) is 60.2 cm³/mol. The van der Waals surface area contributed by atoms with E-state index in [0.717, 1.165) is 18.5 Å². The summed E-state index contributed by atoms with van der Waals surface area (Å²) in [5.74, 6) is -2.33. The van der Waals surface area contributed by atoms with Crippen LogP contribution in [0.3, 0.4) is 0 Å². The molecule has 19 heavy (non-hydrogen) atoms. The fourth-order valence-electron chi connectivity index (χ4n) is 1.27. The zero-order valence-electron chi connectivity index (χ0n) is 9.37. The molecule has 1 aromatic heterocycles. The van der Waals surface area contributed by atoms with E-state index >= 15 is 0 Å². The van der Waals surface area contributed by atoms with E-state index in [1.165, 1.54) is 12.1 Å². The summed E-state index contributed by atoms with van der Waals surface area (Å²) in [5.41, 5.74) is -0.165. The minimum absolute atomic E-state index is 0.148. The molecule has 0 spiro atoms. The van der Waals surface area contributed by atoms with E-state index in [4.69, 9.17) is 15.1 Å². The van der Waals surface area contributed by atoms with E-state index in [-0.39, 0.29) is 22.9 Å². The lowest BCUT2D eigenvalue weighted by Gasteiger charge is -2.05. The van der Waals surface area contributed by atoms with Gasteiger partial charge in [-0.2, -0.15) is 5.26 Å². The summed E-state index contributed by atoms with van der Waals surface area (Å²) in [7, 11) is 0. The number of carboxylic acid groups (broad SMARTS) is 1. The normalized spacial score (nSPS) is 9.68. The van der Waals surface area contributed by atoms with Gasteiger partial charge < -0.3 is 9.84 Å². The monoisotopic (exact) mass is 259 g/mol. The molecule has 0 radical (unpaired) electrons. The highest BCUT2D eigenvalue weighted by Crippen LogP contribution is 2.23. The van der Waals surface area contributed by atoms with Gasteiger partial charge in [0.15, 0.2) is 17.3 Å². The maximum absolute atomic E-state index is 13.5. The Bertz CT molecular complexity index is 682. The molecule has 94 valence electrons. The van der Waals surface area contributed by atoms with Gasteiger partial charge >= 0.3 is 5.97 Å². The lowest BCUT2D eigenvalue weighted by Crippen LogP contribution is -2.02. The SMILES string of the molecule is N#Cc1ccc(Oc2cncc(C(=O)O)n2)c(F)c1. The van der Waals surface area contributed by atoms with Gasteiger partial charge in [-0.3, -0.25) is 4.98 Å². The zero-order chi connectivity index (χ0) is 13.8. The summed E-state index contributed by atoms with van der Waals surface area (Å²) in [4.78, 5) is 17.9. The Labute approximate surface area is 106 Å². The molecular weight excluding hydrogens is 253 g/mol. The molecule has 0 amide bonds. The highest BCUT2D eigenvalue weighted by Gasteiger charge is 2.10. The Morgan fingerprint density at radius 2 is 2.21 bits per heavy atom. The molecule has 0 atom stereocenters. The van der Waals surface area contributed by atoms with Gasteiger partial charge in [0.1, 0.15) is 0 Å². The van der Waals surface area contributed by atoms with Gasteiger partial charge in [0.2, 0.25) is 5.88 Å². The molecule has 0 aliphatic carbocycles. The maximum atomic E-state index is 13.5. The molecule has 2 aromatic rings. The molecule has 0 saturated heterocycles. The van der Waals surface area contributed by atoms with Crippen LogP contribution in [0, 0.1) is 17.1 Å². The quantitative estimate of drug-likeness (QED) is 0.905. The Hall–Kier alpha value is -3.01. The van der Waals surface area contributed by atoms with Crippen LogP contribution in [0.2, 0.25) is 0 Å². The summed E-state index contributed by atoms with van der Waals surface area (Å²) in [6.07, 6.45) is 2.20. The molecule has 0 bridgehead atoms. The van der Waals surface area contributed by atoms with Crippen LogP contribution in [0.25, 0.3) is 0 Å². The van der Waals surface area contributed by atoms with Crippen molar-refractivity contribution >= 4 is 5.97 Å². The summed E-state index contributed by atoms with van der Waals surface area (Å²) in [6, 6.07) is 5.41. The van der Waals surface area contributed by atoms with Gasteiger partial charge in [0.05, 0.1) is 24.0 Å². The highest BCUT2D eigenvalue weighted by molar-refractivity contribution is 5.84. The van der Waals surface area contributed by atoms with E-state index < -0.39 is 11.8 Å². The van der Waals surface area contributed by atoms with Crippen molar-refractivity contribution < 1.29 is 19.0 Å². The van der Waals surface area contributed by atoms with Crippen LogP contribution in [0.1, 0.15) is 16.1 Å². The summed E-state index contributed by atoms with van der Waals surface area (Å²) >= 11 is 0. The zero-order valence-corrected chi connectivity index (χ0v) is 9.37. The second-order valence-corrected chi connectivity index (χ2v) is 3.41. The maximum Gasteiger partial charge on any atom is 0.356 e.